The average molecular weight is 441 g/mol. The Kier molecular flexibility index (Phi) is 20.0. The third kappa shape index (κ3) is 18.2. The number of amides is 1. The van der Waals surface area contributed by atoms with Crippen molar-refractivity contribution < 1.29 is 14.3 Å². The van der Waals surface area contributed by atoms with Crippen LogP contribution in [0.1, 0.15) is 118 Å². The number of nitrogens with one attached hydrogen (secondary N) is 1. The van der Waals surface area contributed by atoms with Crippen molar-refractivity contribution >= 4 is 11.9 Å². The maximum absolute atomic E-state index is 12.7. The van der Waals surface area contributed by atoms with E-state index >= 15 is 0 Å². The molecule has 0 saturated carbocycles. The van der Waals surface area contributed by atoms with Gasteiger partial charge in [-0.05, 0) is 45.2 Å². The molecule has 0 aromatic heterocycles. The molecule has 0 aromatic rings. The molecule has 5 nitrogen and oxygen atoms in total. The summed E-state index contributed by atoms with van der Waals surface area (Å²) in [6.07, 6.45) is 15.7. The molecular weight excluding hydrogens is 388 g/mol. The van der Waals surface area contributed by atoms with Crippen molar-refractivity contribution in [2.45, 2.75) is 124 Å². The third-order valence-corrected chi connectivity index (χ3v) is 5.64. The molecular formula is C26H52N2O3. The molecule has 0 unspecified atom stereocenters. The first-order chi connectivity index (χ1) is 14.9. The molecule has 0 aliphatic carbocycles. The van der Waals surface area contributed by atoms with Gasteiger partial charge in [-0.3, -0.25) is 9.69 Å². The fourth-order valence-electron chi connectivity index (χ4n) is 3.87. The predicted octanol–water partition coefficient (Wildman–Crippen LogP) is 6.10. The van der Waals surface area contributed by atoms with Crippen LogP contribution < -0.4 is 5.32 Å². The Morgan fingerprint density at radius 3 is 1.71 bits per heavy atom. The lowest BCUT2D eigenvalue weighted by Gasteiger charge is -2.24. The number of unbranched alkanes of at least 4 members (excludes halogenated alkanes) is 10. The molecule has 0 aliphatic rings. The standard InChI is InChI=1S/C26H52N2O3/c1-6-9-11-13-15-17-19-28(20-18-16-14-12-10-7-2)22-25(29)27-24(21-23(4)5)26(30)31-8-3/h23-24H,6-22H2,1-5H3,(H,27,29)/t24-/m0/s1. The molecule has 0 bridgehead atoms. The van der Waals surface area contributed by atoms with Crippen molar-refractivity contribution in [1.82, 2.24) is 10.2 Å². The molecule has 1 N–H and O–H groups in total. The zero-order chi connectivity index (χ0) is 23.3. The molecule has 1 atom stereocenters. The second-order valence-electron chi connectivity index (χ2n) is 9.31. The summed E-state index contributed by atoms with van der Waals surface area (Å²) in [5.74, 6) is -0.0596. The van der Waals surface area contributed by atoms with E-state index in [0.29, 0.717) is 25.5 Å². The van der Waals surface area contributed by atoms with E-state index in [0.717, 1.165) is 25.9 Å². The fourth-order valence-corrected chi connectivity index (χ4v) is 3.87. The zero-order valence-corrected chi connectivity index (χ0v) is 21.3. The summed E-state index contributed by atoms with van der Waals surface area (Å²) in [4.78, 5) is 27.3. The molecule has 0 aromatic carbocycles. The number of carbonyl (C=O) groups is 2. The Balaban J connectivity index is 4.60. The number of rotatable bonds is 21. The van der Waals surface area contributed by atoms with Gasteiger partial charge in [-0.2, -0.15) is 0 Å². The van der Waals surface area contributed by atoms with Crippen LogP contribution >= 0.6 is 0 Å². The number of hydrogen-bond donors (Lipinski definition) is 1. The van der Waals surface area contributed by atoms with Crippen LogP contribution in [0.5, 0.6) is 0 Å². The Morgan fingerprint density at radius 2 is 1.26 bits per heavy atom. The monoisotopic (exact) mass is 440 g/mol. The van der Waals surface area contributed by atoms with Crippen molar-refractivity contribution in [2.24, 2.45) is 5.92 Å². The van der Waals surface area contributed by atoms with E-state index in [1.807, 2.05) is 0 Å². The van der Waals surface area contributed by atoms with Crippen molar-refractivity contribution in [3.8, 4) is 0 Å². The molecule has 184 valence electrons. The van der Waals surface area contributed by atoms with Crippen LogP contribution in [-0.2, 0) is 14.3 Å². The van der Waals surface area contributed by atoms with Crippen LogP contribution in [0.25, 0.3) is 0 Å². The van der Waals surface area contributed by atoms with Crippen LogP contribution in [0.3, 0.4) is 0 Å². The highest BCUT2D eigenvalue weighted by Gasteiger charge is 2.23. The first kappa shape index (κ1) is 29.9. The third-order valence-electron chi connectivity index (χ3n) is 5.64. The number of esters is 1. The van der Waals surface area contributed by atoms with Gasteiger partial charge < -0.3 is 10.1 Å². The second kappa shape index (κ2) is 20.8. The van der Waals surface area contributed by atoms with Gasteiger partial charge in [0.05, 0.1) is 13.2 Å². The van der Waals surface area contributed by atoms with E-state index in [-0.39, 0.29) is 11.9 Å². The SMILES string of the molecule is CCCCCCCCN(CCCCCCCC)CC(=O)N[C@@H](CC(C)C)C(=O)OCC. The highest BCUT2D eigenvalue weighted by Crippen LogP contribution is 2.10. The quantitative estimate of drug-likeness (QED) is 0.173. The van der Waals surface area contributed by atoms with Gasteiger partial charge in [0, 0.05) is 0 Å². The van der Waals surface area contributed by atoms with Gasteiger partial charge in [0.2, 0.25) is 5.91 Å². The summed E-state index contributed by atoms with van der Waals surface area (Å²) < 4.78 is 5.17. The predicted molar refractivity (Wildman–Crippen MR) is 131 cm³/mol. The average Bonchev–Trinajstić information content (AvgIpc) is 2.72. The second-order valence-corrected chi connectivity index (χ2v) is 9.31. The van der Waals surface area contributed by atoms with Crippen molar-refractivity contribution in [1.29, 1.82) is 0 Å². The molecule has 0 aliphatic heterocycles. The zero-order valence-electron chi connectivity index (χ0n) is 21.3. The van der Waals surface area contributed by atoms with Gasteiger partial charge in [-0.15, -0.1) is 0 Å². The molecule has 1 amide bonds. The molecule has 5 heteroatoms. The minimum absolute atomic E-state index is 0.0596. The first-order valence-electron chi connectivity index (χ1n) is 13.1. The molecule has 31 heavy (non-hydrogen) atoms. The maximum Gasteiger partial charge on any atom is 0.328 e. The van der Waals surface area contributed by atoms with E-state index in [1.54, 1.807) is 6.92 Å². The highest BCUT2D eigenvalue weighted by molar-refractivity contribution is 5.85. The van der Waals surface area contributed by atoms with E-state index in [9.17, 15) is 9.59 Å². The summed E-state index contributed by atoms with van der Waals surface area (Å²) in [6.45, 7) is 13.0. The van der Waals surface area contributed by atoms with Gasteiger partial charge in [-0.25, -0.2) is 4.79 Å². The van der Waals surface area contributed by atoms with Crippen molar-refractivity contribution in [3.63, 3.8) is 0 Å². The Hall–Kier alpha value is -1.10. The largest absolute Gasteiger partial charge is 0.464 e. The van der Waals surface area contributed by atoms with Gasteiger partial charge in [0.1, 0.15) is 6.04 Å². The van der Waals surface area contributed by atoms with E-state index in [2.05, 4.69) is 37.9 Å². The Morgan fingerprint density at radius 1 is 0.774 bits per heavy atom. The topological polar surface area (TPSA) is 58.6 Å². The summed E-state index contributed by atoms with van der Waals surface area (Å²) in [5.41, 5.74) is 0. The molecule has 0 radical (unpaired) electrons. The Bertz CT molecular complexity index is 424. The summed E-state index contributed by atoms with van der Waals surface area (Å²) in [7, 11) is 0. The molecule has 0 fully saturated rings. The van der Waals surface area contributed by atoms with E-state index < -0.39 is 6.04 Å². The lowest BCUT2D eigenvalue weighted by Crippen LogP contribution is -2.47. The number of hydrogen-bond acceptors (Lipinski definition) is 4. The van der Waals surface area contributed by atoms with Crippen LogP contribution in [0.2, 0.25) is 0 Å². The van der Waals surface area contributed by atoms with E-state index in [4.69, 9.17) is 4.74 Å². The normalized spacial score (nSPS) is 12.4. The van der Waals surface area contributed by atoms with Crippen LogP contribution in [0.15, 0.2) is 0 Å². The summed E-state index contributed by atoms with van der Waals surface area (Å²) in [6, 6.07) is -0.544. The number of nitrogens with zero attached hydrogens (tertiary/aromatic N) is 1. The maximum atomic E-state index is 12.7. The molecule has 0 saturated heterocycles. The van der Waals surface area contributed by atoms with Gasteiger partial charge in [0.15, 0.2) is 0 Å². The smallest absolute Gasteiger partial charge is 0.328 e. The fraction of sp³-hybridized carbons (Fsp3) is 0.923. The van der Waals surface area contributed by atoms with Crippen molar-refractivity contribution in [2.75, 3.05) is 26.2 Å². The van der Waals surface area contributed by atoms with Gasteiger partial charge in [-0.1, -0.05) is 91.9 Å². The lowest BCUT2D eigenvalue weighted by molar-refractivity contribution is -0.148. The van der Waals surface area contributed by atoms with Gasteiger partial charge in [0.25, 0.3) is 0 Å². The Labute approximate surface area is 193 Å². The lowest BCUT2D eigenvalue weighted by atomic mass is 10.0. The number of carbonyl (C=O) groups excluding carboxylic acids is 2. The first-order valence-corrected chi connectivity index (χ1v) is 13.1. The minimum Gasteiger partial charge on any atom is -0.464 e. The molecule has 0 rings (SSSR count). The minimum atomic E-state index is -0.544. The van der Waals surface area contributed by atoms with Gasteiger partial charge >= 0.3 is 5.97 Å². The van der Waals surface area contributed by atoms with E-state index in [1.165, 1.54) is 64.2 Å². The highest BCUT2D eigenvalue weighted by atomic mass is 16.5. The molecule has 0 heterocycles. The summed E-state index contributed by atoms with van der Waals surface area (Å²) in [5, 5.41) is 2.94. The molecule has 0 spiro atoms. The number of ether oxygens (including phenoxy) is 1. The van der Waals surface area contributed by atoms with Crippen LogP contribution in [0, 0.1) is 5.92 Å². The van der Waals surface area contributed by atoms with Crippen LogP contribution in [-0.4, -0.2) is 49.1 Å². The van der Waals surface area contributed by atoms with Crippen molar-refractivity contribution in [3.05, 3.63) is 0 Å². The summed E-state index contributed by atoms with van der Waals surface area (Å²) >= 11 is 0. The van der Waals surface area contributed by atoms with Crippen LogP contribution in [0.4, 0.5) is 0 Å².